The Kier molecular flexibility index (Phi) is 3.92. The van der Waals surface area contributed by atoms with Gasteiger partial charge < -0.3 is 13.9 Å². The Morgan fingerprint density at radius 3 is 2.73 bits per heavy atom. The number of methoxy groups -OCH3 is 1. The zero-order valence-corrected chi connectivity index (χ0v) is 14.3. The molecule has 0 aliphatic carbocycles. The largest absolute Gasteiger partial charge is 0.465 e. The fourth-order valence-electron chi connectivity index (χ4n) is 2.33. The van der Waals surface area contributed by atoms with Gasteiger partial charge >= 0.3 is 11.9 Å². The summed E-state index contributed by atoms with van der Waals surface area (Å²) in [6.45, 7) is 2.07. The van der Waals surface area contributed by atoms with Crippen LogP contribution in [0.3, 0.4) is 0 Å². The van der Waals surface area contributed by atoms with Crippen LogP contribution in [-0.4, -0.2) is 30.1 Å². The summed E-state index contributed by atoms with van der Waals surface area (Å²) in [5, 5.41) is 0. The number of thiophene rings is 1. The van der Waals surface area contributed by atoms with Crippen LogP contribution in [0.2, 0.25) is 0 Å². The van der Waals surface area contributed by atoms with E-state index >= 15 is 0 Å². The van der Waals surface area contributed by atoms with Crippen molar-refractivity contribution in [2.45, 2.75) is 6.92 Å². The SMILES string of the molecule is CCOC(=O)c1cc2c(s1)c(C(=O)OC)c1cc(Br)ccn12. The van der Waals surface area contributed by atoms with Crippen molar-refractivity contribution < 1.29 is 19.1 Å². The minimum Gasteiger partial charge on any atom is -0.465 e. The second-order valence-corrected chi connectivity index (χ2v) is 6.48. The summed E-state index contributed by atoms with van der Waals surface area (Å²) in [5.74, 6) is -0.812. The van der Waals surface area contributed by atoms with Crippen LogP contribution >= 0.6 is 27.3 Å². The van der Waals surface area contributed by atoms with Gasteiger partial charge in [-0.3, -0.25) is 0 Å². The standard InChI is InChI=1S/C15H12BrNO4S/c1-3-21-14(18)11-7-10-13(22-11)12(15(19)20-2)9-6-8(16)4-5-17(9)10/h4-7H,3H2,1-2H3. The first-order valence-corrected chi connectivity index (χ1v) is 8.16. The Balaban J connectivity index is 2.31. The van der Waals surface area contributed by atoms with Crippen molar-refractivity contribution in [1.29, 1.82) is 0 Å². The molecule has 3 heterocycles. The fraction of sp³-hybridized carbons (Fsp3) is 0.200. The predicted molar refractivity (Wildman–Crippen MR) is 87.8 cm³/mol. The van der Waals surface area contributed by atoms with Gasteiger partial charge in [0.1, 0.15) is 10.4 Å². The number of nitrogens with zero attached hydrogens (tertiary/aromatic N) is 1. The lowest BCUT2D eigenvalue weighted by Gasteiger charge is -2.01. The molecule has 3 aromatic rings. The smallest absolute Gasteiger partial charge is 0.348 e. The van der Waals surface area contributed by atoms with Crippen LogP contribution < -0.4 is 0 Å². The maximum atomic E-state index is 12.2. The van der Waals surface area contributed by atoms with Crippen molar-refractivity contribution in [2.24, 2.45) is 0 Å². The van der Waals surface area contributed by atoms with Gasteiger partial charge in [0.25, 0.3) is 0 Å². The average molecular weight is 382 g/mol. The van der Waals surface area contributed by atoms with Gasteiger partial charge in [-0.2, -0.15) is 0 Å². The molecule has 7 heteroatoms. The second kappa shape index (κ2) is 5.73. The van der Waals surface area contributed by atoms with E-state index in [0.717, 1.165) is 15.5 Å². The molecule has 3 aromatic heterocycles. The first kappa shape index (κ1) is 15.1. The van der Waals surface area contributed by atoms with Crippen molar-refractivity contribution in [1.82, 2.24) is 4.40 Å². The van der Waals surface area contributed by atoms with Gasteiger partial charge in [0.2, 0.25) is 0 Å². The van der Waals surface area contributed by atoms with Crippen LogP contribution in [0.5, 0.6) is 0 Å². The quantitative estimate of drug-likeness (QED) is 0.646. The van der Waals surface area contributed by atoms with Gasteiger partial charge in [0, 0.05) is 10.7 Å². The number of carbonyl (C=O) groups is 2. The van der Waals surface area contributed by atoms with E-state index in [1.54, 1.807) is 13.0 Å². The number of esters is 2. The third-order valence-electron chi connectivity index (χ3n) is 3.24. The highest BCUT2D eigenvalue weighted by molar-refractivity contribution is 9.10. The summed E-state index contributed by atoms with van der Waals surface area (Å²) < 4.78 is 13.4. The zero-order valence-electron chi connectivity index (χ0n) is 11.9. The Bertz CT molecular complexity index is 896. The molecule has 0 saturated carbocycles. The minimum absolute atomic E-state index is 0.311. The highest BCUT2D eigenvalue weighted by Gasteiger charge is 2.23. The van der Waals surface area contributed by atoms with Crippen LogP contribution in [0.4, 0.5) is 0 Å². The van der Waals surface area contributed by atoms with E-state index in [1.807, 2.05) is 22.7 Å². The first-order valence-electron chi connectivity index (χ1n) is 6.55. The van der Waals surface area contributed by atoms with E-state index in [1.165, 1.54) is 18.4 Å². The highest BCUT2D eigenvalue weighted by Crippen LogP contribution is 2.35. The molecular weight excluding hydrogens is 370 g/mol. The number of carbonyl (C=O) groups excluding carboxylic acids is 2. The molecule has 0 aliphatic heterocycles. The van der Waals surface area contributed by atoms with Gasteiger partial charge in [-0.25, -0.2) is 9.59 Å². The van der Waals surface area contributed by atoms with Crippen LogP contribution in [0.15, 0.2) is 28.9 Å². The van der Waals surface area contributed by atoms with E-state index in [9.17, 15) is 9.59 Å². The molecule has 0 fully saturated rings. The van der Waals surface area contributed by atoms with Crippen LogP contribution in [0.1, 0.15) is 27.0 Å². The summed E-state index contributed by atoms with van der Waals surface area (Å²) >= 11 is 4.64. The Labute approximate surface area is 138 Å². The lowest BCUT2D eigenvalue weighted by atomic mass is 10.2. The highest BCUT2D eigenvalue weighted by atomic mass is 79.9. The number of ether oxygens (including phenoxy) is 2. The third-order valence-corrected chi connectivity index (χ3v) is 4.85. The van der Waals surface area contributed by atoms with E-state index < -0.39 is 5.97 Å². The Morgan fingerprint density at radius 1 is 1.27 bits per heavy atom. The number of hydrogen-bond donors (Lipinski definition) is 0. The van der Waals surface area contributed by atoms with Gasteiger partial charge in [0.05, 0.1) is 29.5 Å². The van der Waals surface area contributed by atoms with Gasteiger partial charge in [0.15, 0.2) is 0 Å². The molecule has 0 N–H and O–H groups in total. The lowest BCUT2D eigenvalue weighted by Crippen LogP contribution is -2.02. The number of pyridine rings is 1. The van der Waals surface area contributed by atoms with Crippen molar-refractivity contribution >= 4 is 54.9 Å². The second-order valence-electron chi connectivity index (χ2n) is 4.51. The van der Waals surface area contributed by atoms with Crippen LogP contribution in [-0.2, 0) is 9.47 Å². The zero-order chi connectivity index (χ0) is 15.9. The van der Waals surface area contributed by atoms with E-state index in [0.29, 0.717) is 21.7 Å². The molecule has 22 heavy (non-hydrogen) atoms. The summed E-state index contributed by atoms with van der Waals surface area (Å²) in [5.41, 5.74) is 1.98. The molecule has 0 spiro atoms. The van der Waals surface area contributed by atoms with Gasteiger partial charge in [-0.1, -0.05) is 15.9 Å². The van der Waals surface area contributed by atoms with Gasteiger partial charge in [-0.05, 0) is 25.1 Å². The number of aromatic nitrogens is 1. The molecule has 0 radical (unpaired) electrons. The summed E-state index contributed by atoms with van der Waals surface area (Å²) in [6.07, 6.45) is 1.84. The third kappa shape index (κ3) is 2.30. The average Bonchev–Trinajstić information content (AvgIpc) is 3.03. The Hall–Kier alpha value is -1.86. The topological polar surface area (TPSA) is 57.0 Å². The van der Waals surface area contributed by atoms with E-state index in [-0.39, 0.29) is 5.97 Å². The molecule has 5 nitrogen and oxygen atoms in total. The first-order chi connectivity index (χ1) is 10.6. The number of hydrogen-bond acceptors (Lipinski definition) is 5. The minimum atomic E-state index is -0.428. The molecule has 0 unspecified atom stereocenters. The monoisotopic (exact) mass is 381 g/mol. The molecule has 0 aromatic carbocycles. The van der Waals surface area contributed by atoms with Crippen molar-refractivity contribution in [3.05, 3.63) is 39.3 Å². The predicted octanol–water partition coefficient (Wildman–Crippen LogP) is 3.88. The van der Waals surface area contributed by atoms with Gasteiger partial charge in [-0.15, -0.1) is 11.3 Å². The molecule has 0 bridgehead atoms. The van der Waals surface area contributed by atoms with Crippen LogP contribution in [0, 0.1) is 0 Å². The van der Waals surface area contributed by atoms with Crippen molar-refractivity contribution in [3.63, 3.8) is 0 Å². The molecule has 0 aliphatic rings. The fourth-order valence-corrected chi connectivity index (χ4v) is 3.75. The van der Waals surface area contributed by atoms with E-state index in [4.69, 9.17) is 9.47 Å². The molecule has 3 rings (SSSR count). The normalized spacial score (nSPS) is 11.0. The van der Waals surface area contributed by atoms with Crippen molar-refractivity contribution in [2.75, 3.05) is 13.7 Å². The summed E-state index contributed by atoms with van der Waals surface area (Å²) in [4.78, 5) is 24.5. The summed E-state index contributed by atoms with van der Waals surface area (Å²) in [7, 11) is 1.34. The van der Waals surface area contributed by atoms with Crippen LogP contribution in [0.25, 0.3) is 15.7 Å². The molecule has 0 amide bonds. The Morgan fingerprint density at radius 2 is 2.05 bits per heavy atom. The molecule has 0 atom stereocenters. The van der Waals surface area contributed by atoms with Crippen molar-refractivity contribution in [3.8, 4) is 0 Å². The maximum Gasteiger partial charge on any atom is 0.348 e. The molecule has 114 valence electrons. The number of fused-ring (bicyclic) bond motifs is 3. The molecule has 0 saturated heterocycles. The van der Waals surface area contributed by atoms with E-state index in [2.05, 4.69) is 15.9 Å². The molecular formula is C15H12BrNO4S. The maximum absolute atomic E-state index is 12.2. The number of rotatable bonds is 3. The summed E-state index contributed by atoms with van der Waals surface area (Å²) in [6, 6.07) is 5.46. The lowest BCUT2D eigenvalue weighted by molar-refractivity contribution is 0.0531. The number of halogens is 1.